The van der Waals surface area contributed by atoms with E-state index in [1.54, 1.807) is 11.1 Å². The molecule has 1 heteroatoms. The molecule has 0 bridgehead atoms. The molecule has 0 aromatic rings. The summed E-state index contributed by atoms with van der Waals surface area (Å²) in [6, 6.07) is 0. The highest BCUT2D eigenvalue weighted by molar-refractivity contribution is 5.37. The summed E-state index contributed by atoms with van der Waals surface area (Å²) in [6.07, 6.45) is 10.3. The second-order valence-corrected chi connectivity index (χ2v) is 4.31. The highest BCUT2D eigenvalue weighted by atomic mass is 14.9. The van der Waals surface area contributed by atoms with Crippen LogP contribution < -0.4 is 5.32 Å². The molecule has 2 aliphatic rings. The van der Waals surface area contributed by atoms with Crippen LogP contribution in [0.25, 0.3) is 0 Å². The van der Waals surface area contributed by atoms with Crippen molar-refractivity contribution in [1.29, 1.82) is 0 Å². The highest BCUT2D eigenvalue weighted by Gasteiger charge is 2.11. The van der Waals surface area contributed by atoms with Crippen LogP contribution in [-0.4, -0.2) is 13.1 Å². The van der Waals surface area contributed by atoms with Gasteiger partial charge >= 0.3 is 0 Å². The largest absolute Gasteiger partial charge is 0.313 e. The molecule has 1 aliphatic heterocycles. The van der Waals surface area contributed by atoms with Gasteiger partial charge in [-0.05, 0) is 37.5 Å². The second-order valence-electron chi connectivity index (χ2n) is 4.31. The van der Waals surface area contributed by atoms with Crippen LogP contribution in [0, 0.1) is 0 Å². The lowest BCUT2D eigenvalue weighted by molar-refractivity contribution is 0.674. The molecular weight excluding hydrogens is 182 g/mol. The van der Waals surface area contributed by atoms with Crippen LogP contribution in [0.3, 0.4) is 0 Å². The Kier molecular flexibility index (Phi) is 5.41. The van der Waals surface area contributed by atoms with E-state index in [-0.39, 0.29) is 0 Å². The Bertz CT molecular complexity index is 282. The maximum absolute atomic E-state index is 3.41. The van der Waals surface area contributed by atoms with Crippen LogP contribution in [-0.2, 0) is 0 Å². The van der Waals surface area contributed by atoms with Crippen LogP contribution in [0.15, 0.2) is 34.9 Å². The molecule has 0 saturated heterocycles. The Morgan fingerprint density at radius 1 is 1.33 bits per heavy atom. The van der Waals surface area contributed by atoms with Crippen molar-refractivity contribution in [3.05, 3.63) is 34.9 Å². The Morgan fingerprint density at radius 2 is 2.07 bits per heavy atom. The topological polar surface area (TPSA) is 12.0 Å². The van der Waals surface area contributed by atoms with Gasteiger partial charge < -0.3 is 5.32 Å². The number of rotatable bonds is 0. The minimum absolute atomic E-state index is 1.09. The number of nitrogens with one attached hydrogen (secondary N) is 1. The molecular formula is C14H23N. The summed E-state index contributed by atoms with van der Waals surface area (Å²) in [5.74, 6) is 0. The van der Waals surface area contributed by atoms with Crippen molar-refractivity contribution < 1.29 is 0 Å². The predicted octanol–water partition coefficient (Wildman–Crippen LogP) is 3.60. The maximum atomic E-state index is 3.41. The first-order valence-corrected chi connectivity index (χ1v) is 6.03. The molecule has 84 valence electrons. The molecule has 2 rings (SSSR count). The molecule has 1 N–H and O–H groups in total. The Labute approximate surface area is 94.0 Å². The minimum Gasteiger partial charge on any atom is -0.313 e. The van der Waals surface area contributed by atoms with Gasteiger partial charge in [-0.1, -0.05) is 44.1 Å². The Hall–Kier alpha value is -0.820. The van der Waals surface area contributed by atoms with E-state index in [9.17, 15) is 0 Å². The fourth-order valence-corrected chi connectivity index (χ4v) is 1.85. The van der Waals surface area contributed by atoms with Crippen LogP contribution in [0.2, 0.25) is 0 Å². The molecule has 0 unspecified atom stereocenters. The van der Waals surface area contributed by atoms with Crippen molar-refractivity contribution >= 4 is 0 Å². The van der Waals surface area contributed by atoms with Crippen molar-refractivity contribution in [2.75, 3.05) is 13.1 Å². The smallest absolute Gasteiger partial charge is 0.0173 e. The molecule has 1 nitrogen and oxygen atoms in total. The summed E-state index contributed by atoms with van der Waals surface area (Å²) in [5, 5.41) is 3.41. The molecule has 0 aromatic carbocycles. The summed E-state index contributed by atoms with van der Waals surface area (Å²) >= 11 is 0. The lowest BCUT2D eigenvalue weighted by atomic mass is 9.97. The van der Waals surface area contributed by atoms with Crippen molar-refractivity contribution in [3.8, 4) is 0 Å². The third-order valence-corrected chi connectivity index (χ3v) is 2.53. The van der Waals surface area contributed by atoms with E-state index in [1.807, 2.05) is 0 Å². The average molecular weight is 205 g/mol. The van der Waals surface area contributed by atoms with E-state index >= 15 is 0 Å². The number of hydrogen-bond acceptors (Lipinski definition) is 1. The fourth-order valence-electron chi connectivity index (χ4n) is 1.85. The van der Waals surface area contributed by atoms with Crippen molar-refractivity contribution in [2.45, 2.75) is 40.0 Å². The first-order valence-electron chi connectivity index (χ1n) is 6.03. The van der Waals surface area contributed by atoms with Gasteiger partial charge in [0.05, 0.1) is 0 Å². The molecule has 15 heavy (non-hydrogen) atoms. The molecule has 0 atom stereocenters. The quantitative estimate of drug-likeness (QED) is 0.637. The van der Waals surface area contributed by atoms with Gasteiger partial charge in [0.15, 0.2) is 0 Å². The standard InChI is InChI=1S/C11H15N.C3H8/c1-9-3-2-4-10-5-6-12-8-11(10)7-9;1-3-2/h2-4,12H,5-8H2,1H3;3H2,1-2H3. The van der Waals surface area contributed by atoms with Crippen LogP contribution in [0.5, 0.6) is 0 Å². The zero-order chi connectivity index (χ0) is 11.1. The number of allylic oxidation sites excluding steroid dienone is 4. The second kappa shape index (κ2) is 6.62. The molecule has 0 spiro atoms. The van der Waals surface area contributed by atoms with Crippen molar-refractivity contribution in [1.82, 2.24) is 5.32 Å². The molecule has 1 aliphatic carbocycles. The van der Waals surface area contributed by atoms with Crippen molar-refractivity contribution in [3.63, 3.8) is 0 Å². The summed E-state index contributed by atoms with van der Waals surface area (Å²) in [4.78, 5) is 0. The Morgan fingerprint density at radius 3 is 2.80 bits per heavy atom. The predicted molar refractivity (Wildman–Crippen MR) is 68.0 cm³/mol. The monoisotopic (exact) mass is 205 g/mol. The average Bonchev–Trinajstić information content (AvgIpc) is 2.39. The van der Waals surface area contributed by atoms with Gasteiger partial charge in [0, 0.05) is 6.54 Å². The van der Waals surface area contributed by atoms with E-state index in [4.69, 9.17) is 0 Å². The zero-order valence-electron chi connectivity index (χ0n) is 10.3. The maximum Gasteiger partial charge on any atom is 0.0173 e. The lowest BCUT2D eigenvalue weighted by Gasteiger charge is -2.18. The van der Waals surface area contributed by atoms with Gasteiger partial charge in [-0.3, -0.25) is 0 Å². The zero-order valence-corrected chi connectivity index (χ0v) is 10.3. The Balaban J connectivity index is 0.000000337. The summed E-state index contributed by atoms with van der Waals surface area (Å²) in [7, 11) is 0. The first kappa shape index (κ1) is 12.3. The van der Waals surface area contributed by atoms with E-state index in [0.29, 0.717) is 0 Å². The van der Waals surface area contributed by atoms with E-state index in [2.05, 4.69) is 44.3 Å². The van der Waals surface area contributed by atoms with E-state index in [0.717, 1.165) is 19.5 Å². The van der Waals surface area contributed by atoms with Crippen LogP contribution in [0.1, 0.15) is 40.0 Å². The first-order chi connectivity index (χ1) is 7.27. The minimum atomic E-state index is 1.09. The third kappa shape index (κ3) is 4.05. The molecule has 0 aromatic heterocycles. The van der Waals surface area contributed by atoms with Crippen molar-refractivity contribution in [2.24, 2.45) is 0 Å². The van der Waals surface area contributed by atoms with Crippen LogP contribution in [0.4, 0.5) is 0 Å². The molecule has 0 saturated carbocycles. The third-order valence-electron chi connectivity index (χ3n) is 2.53. The number of hydrogen-bond donors (Lipinski definition) is 1. The fraction of sp³-hybridized carbons (Fsp3) is 0.571. The molecule has 1 heterocycles. The SMILES string of the molecule is CC1=CC=CC2=C(CNCC2)C1.CCC. The van der Waals surface area contributed by atoms with Crippen LogP contribution >= 0.6 is 0 Å². The molecule has 0 radical (unpaired) electrons. The van der Waals surface area contributed by atoms with Gasteiger partial charge in [-0.25, -0.2) is 0 Å². The molecule has 0 amide bonds. The lowest BCUT2D eigenvalue weighted by Crippen LogP contribution is -2.24. The van der Waals surface area contributed by atoms with E-state index in [1.165, 1.54) is 18.4 Å². The van der Waals surface area contributed by atoms with Gasteiger partial charge in [-0.2, -0.15) is 0 Å². The molecule has 0 fully saturated rings. The van der Waals surface area contributed by atoms with Gasteiger partial charge in [0.25, 0.3) is 0 Å². The summed E-state index contributed by atoms with van der Waals surface area (Å²) < 4.78 is 0. The normalized spacial score (nSPS) is 19.8. The van der Waals surface area contributed by atoms with Gasteiger partial charge in [0.1, 0.15) is 0 Å². The van der Waals surface area contributed by atoms with Gasteiger partial charge in [0.2, 0.25) is 0 Å². The highest BCUT2D eigenvalue weighted by Crippen LogP contribution is 2.23. The van der Waals surface area contributed by atoms with E-state index < -0.39 is 0 Å². The summed E-state index contributed by atoms with van der Waals surface area (Å²) in [5.41, 5.74) is 4.62. The van der Waals surface area contributed by atoms with Gasteiger partial charge in [-0.15, -0.1) is 0 Å². The summed E-state index contributed by atoms with van der Waals surface area (Å²) in [6.45, 7) is 8.68.